The maximum Gasteiger partial charge on any atom is 1.00 e. The maximum atomic E-state index is 9.09. The fourth-order valence-electron chi connectivity index (χ4n) is 0. The van der Waals surface area contributed by atoms with Gasteiger partial charge < -0.3 is 0 Å². The molecule has 0 saturated heterocycles. The standard InChI is InChI=1S/Cl2OS.Li/c1-4(2)3;/q;+1. The minimum atomic E-state index is -1.67. The molecular weight excluding hydrogens is 126 g/mol. The molecule has 0 bridgehead atoms. The predicted octanol–water partition coefficient (Wildman–Crippen LogP) is -1.95. The van der Waals surface area contributed by atoms with Gasteiger partial charge in [-0.25, -0.2) is 4.21 Å². The summed E-state index contributed by atoms with van der Waals surface area (Å²) in [6.45, 7) is 0. The molecule has 5 heteroatoms. The Bertz CT molecular complexity index is 32.6. The van der Waals surface area contributed by atoms with Crippen LogP contribution in [0.3, 0.4) is 0 Å². The SMILES string of the molecule is O=S(Cl)Cl.[Li+]. The van der Waals surface area contributed by atoms with Crippen molar-refractivity contribution in [3.05, 3.63) is 0 Å². The van der Waals surface area contributed by atoms with Gasteiger partial charge in [-0.2, -0.15) is 0 Å². The summed E-state index contributed by atoms with van der Waals surface area (Å²) in [4.78, 5) is 0. The Kier molecular flexibility index (Phi) is 10.2. The Morgan fingerprint density at radius 1 is 1.40 bits per heavy atom. The van der Waals surface area contributed by atoms with Gasteiger partial charge in [-0.15, -0.1) is 0 Å². The van der Waals surface area contributed by atoms with E-state index in [2.05, 4.69) is 21.4 Å². The van der Waals surface area contributed by atoms with Crippen molar-refractivity contribution >= 4 is 30.6 Å². The Hall–Kier alpha value is 1.33. The van der Waals surface area contributed by atoms with Crippen molar-refractivity contribution in [1.82, 2.24) is 0 Å². The summed E-state index contributed by atoms with van der Waals surface area (Å²) in [7, 11) is 7.36. The molecule has 0 spiro atoms. The number of hydrogen-bond donors (Lipinski definition) is 0. The van der Waals surface area contributed by atoms with Gasteiger partial charge in [0.25, 0.3) is 0 Å². The van der Waals surface area contributed by atoms with Crippen LogP contribution in [0.25, 0.3) is 0 Å². The molecule has 0 N–H and O–H groups in total. The van der Waals surface area contributed by atoms with Crippen LogP contribution in [0.15, 0.2) is 0 Å². The van der Waals surface area contributed by atoms with Crippen molar-refractivity contribution < 1.29 is 23.1 Å². The van der Waals surface area contributed by atoms with E-state index < -0.39 is 9.23 Å². The van der Waals surface area contributed by atoms with Crippen molar-refractivity contribution in [2.45, 2.75) is 0 Å². The molecule has 1 nitrogen and oxygen atoms in total. The average molecular weight is 126 g/mol. The van der Waals surface area contributed by atoms with Gasteiger partial charge in [-0.3, -0.25) is 0 Å². The van der Waals surface area contributed by atoms with E-state index in [-0.39, 0.29) is 18.9 Å². The minimum absolute atomic E-state index is 0. The monoisotopic (exact) mass is 125 g/mol. The van der Waals surface area contributed by atoms with E-state index in [1.807, 2.05) is 0 Å². The number of hydrogen-bond acceptors (Lipinski definition) is 1. The summed E-state index contributed by atoms with van der Waals surface area (Å²) in [6, 6.07) is 0. The van der Waals surface area contributed by atoms with Gasteiger partial charge in [-0.1, -0.05) is 0 Å². The second kappa shape index (κ2) is 5.33. The molecule has 0 rings (SSSR count). The van der Waals surface area contributed by atoms with Crippen molar-refractivity contribution in [3.8, 4) is 0 Å². The maximum absolute atomic E-state index is 9.09. The summed E-state index contributed by atoms with van der Waals surface area (Å²) in [5.74, 6) is 0. The first-order chi connectivity index (χ1) is 1.73. The van der Waals surface area contributed by atoms with Crippen LogP contribution < -0.4 is 18.9 Å². The van der Waals surface area contributed by atoms with Gasteiger partial charge in [0, 0.05) is 21.4 Å². The third kappa shape index (κ3) is 33.5. The summed E-state index contributed by atoms with van der Waals surface area (Å²) in [5, 5.41) is 0. The summed E-state index contributed by atoms with van der Waals surface area (Å²) >= 11 is 0. The van der Waals surface area contributed by atoms with E-state index >= 15 is 0 Å². The van der Waals surface area contributed by atoms with Crippen molar-refractivity contribution in [3.63, 3.8) is 0 Å². The first-order valence-corrected chi connectivity index (χ1v) is 3.28. The van der Waals surface area contributed by atoms with Crippen molar-refractivity contribution in [2.75, 3.05) is 0 Å². The van der Waals surface area contributed by atoms with Gasteiger partial charge in [0.15, 0.2) is 0 Å². The Balaban J connectivity index is 0. The zero-order valence-electron chi connectivity index (χ0n) is 2.57. The molecule has 5 heavy (non-hydrogen) atoms. The van der Waals surface area contributed by atoms with Crippen LogP contribution in [0.2, 0.25) is 0 Å². The Morgan fingerprint density at radius 2 is 1.40 bits per heavy atom. The molecule has 0 aromatic heterocycles. The van der Waals surface area contributed by atoms with Gasteiger partial charge in [-0.05, 0) is 0 Å². The third-order valence-corrected chi connectivity index (χ3v) is 0. The van der Waals surface area contributed by atoms with E-state index in [4.69, 9.17) is 4.21 Å². The largest absolute Gasteiger partial charge is 1.00 e. The molecule has 0 aliphatic carbocycles. The summed E-state index contributed by atoms with van der Waals surface area (Å²) in [6.07, 6.45) is 0. The van der Waals surface area contributed by atoms with Gasteiger partial charge >= 0.3 is 18.9 Å². The zero-order valence-corrected chi connectivity index (χ0v) is 4.90. The number of halogens is 2. The van der Waals surface area contributed by atoms with Gasteiger partial charge in [0.05, 0.1) is 0 Å². The zero-order chi connectivity index (χ0) is 3.58. The van der Waals surface area contributed by atoms with Crippen LogP contribution in [0, 0.1) is 0 Å². The van der Waals surface area contributed by atoms with Crippen molar-refractivity contribution in [2.24, 2.45) is 0 Å². The normalized spacial score (nSPS) is 7.00. The molecule has 0 aromatic rings. The van der Waals surface area contributed by atoms with Gasteiger partial charge in [0.2, 0.25) is 9.23 Å². The minimum Gasteiger partial charge on any atom is -0.225 e. The average Bonchev–Trinajstić information content (AvgIpc) is 0.811. The van der Waals surface area contributed by atoms with E-state index in [1.54, 1.807) is 0 Å². The smallest absolute Gasteiger partial charge is 0.225 e. The molecular formula is Cl2LiOS+. The molecule has 0 saturated carbocycles. The van der Waals surface area contributed by atoms with Crippen LogP contribution in [0.5, 0.6) is 0 Å². The van der Waals surface area contributed by atoms with Gasteiger partial charge in [0.1, 0.15) is 0 Å². The molecule has 0 amide bonds. The molecule has 0 aromatic carbocycles. The van der Waals surface area contributed by atoms with Crippen LogP contribution in [-0.2, 0) is 9.23 Å². The topological polar surface area (TPSA) is 17.1 Å². The second-order valence-electron chi connectivity index (χ2n) is 0.184. The van der Waals surface area contributed by atoms with Crippen LogP contribution in [0.4, 0.5) is 0 Å². The quantitative estimate of drug-likeness (QED) is 0.272. The fraction of sp³-hybridized carbons (Fsp3) is 0. The molecule has 0 atom stereocenters. The molecule has 0 aliphatic heterocycles. The molecule has 0 fully saturated rings. The molecule has 0 unspecified atom stereocenters. The molecule has 26 valence electrons. The van der Waals surface area contributed by atoms with E-state index in [1.165, 1.54) is 0 Å². The first kappa shape index (κ1) is 9.59. The molecule has 0 heterocycles. The second-order valence-corrected chi connectivity index (χ2v) is 2.71. The third-order valence-electron chi connectivity index (χ3n) is 0. The Labute approximate surface area is 53.7 Å². The molecule has 0 radical (unpaired) electrons. The predicted molar refractivity (Wildman–Crippen MR) is 19.8 cm³/mol. The van der Waals surface area contributed by atoms with Crippen LogP contribution in [-0.4, -0.2) is 4.21 Å². The Morgan fingerprint density at radius 3 is 1.40 bits per heavy atom. The summed E-state index contributed by atoms with van der Waals surface area (Å²) in [5.41, 5.74) is 0. The summed E-state index contributed by atoms with van der Waals surface area (Å²) < 4.78 is 9.09. The number of rotatable bonds is 0. The van der Waals surface area contributed by atoms with Crippen LogP contribution in [0.1, 0.15) is 0 Å². The molecule has 0 aliphatic rings. The first-order valence-electron chi connectivity index (χ1n) is 0.475. The van der Waals surface area contributed by atoms with E-state index in [0.717, 1.165) is 0 Å². The fourth-order valence-corrected chi connectivity index (χ4v) is 0. The van der Waals surface area contributed by atoms with E-state index in [9.17, 15) is 0 Å². The van der Waals surface area contributed by atoms with E-state index in [0.29, 0.717) is 0 Å². The van der Waals surface area contributed by atoms with Crippen molar-refractivity contribution in [1.29, 1.82) is 0 Å². The van der Waals surface area contributed by atoms with Crippen LogP contribution >= 0.6 is 21.4 Å².